The molecule has 0 bridgehead atoms. The van der Waals surface area contributed by atoms with Crippen LogP contribution < -0.4 is 5.32 Å². The van der Waals surface area contributed by atoms with E-state index in [9.17, 15) is 15.0 Å². The molecule has 85 heavy (non-hydrogen) atoms. The summed E-state index contributed by atoms with van der Waals surface area (Å²) >= 11 is 0. The number of rotatable bonds is 67. The van der Waals surface area contributed by atoms with Crippen molar-refractivity contribution in [2.24, 2.45) is 0 Å². The topological polar surface area (TPSA) is 69.6 Å². The number of aliphatic hydroxyl groups excluding tert-OH is 2. The largest absolute Gasteiger partial charge is 0.394 e. The van der Waals surface area contributed by atoms with E-state index in [-0.39, 0.29) is 12.5 Å². The van der Waals surface area contributed by atoms with Gasteiger partial charge in [-0.2, -0.15) is 0 Å². The van der Waals surface area contributed by atoms with E-state index in [2.05, 4.69) is 141 Å². The molecule has 0 saturated heterocycles. The molecule has 0 heterocycles. The van der Waals surface area contributed by atoms with E-state index in [0.717, 1.165) is 89.9 Å². The second-order valence-corrected chi connectivity index (χ2v) is 24.6. The first kappa shape index (κ1) is 81.5. The third kappa shape index (κ3) is 71.2. The molecule has 0 aliphatic carbocycles. The number of hydrogen-bond acceptors (Lipinski definition) is 3. The second-order valence-electron chi connectivity index (χ2n) is 24.6. The lowest BCUT2D eigenvalue weighted by molar-refractivity contribution is -0.123. The molecular weight excluding hydrogens is 1030 g/mol. The number of amides is 1. The first-order chi connectivity index (χ1) is 42.2. The summed E-state index contributed by atoms with van der Waals surface area (Å²) in [4.78, 5) is 12.6. The van der Waals surface area contributed by atoms with E-state index < -0.39 is 12.1 Å². The van der Waals surface area contributed by atoms with Crippen molar-refractivity contribution >= 4 is 5.91 Å². The van der Waals surface area contributed by atoms with Gasteiger partial charge in [-0.3, -0.25) is 4.79 Å². The van der Waals surface area contributed by atoms with E-state index in [4.69, 9.17) is 0 Å². The van der Waals surface area contributed by atoms with Crippen LogP contribution >= 0.6 is 0 Å². The van der Waals surface area contributed by atoms with Gasteiger partial charge in [-0.05, 0) is 103 Å². The van der Waals surface area contributed by atoms with Crippen molar-refractivity contribution in [1.82, 2.24) is 5.32 Å². The molecule has 0 aliphatic rings. The Morgan fingerprint density at radius 2 is 0.529 bits per heavy atom. The van der Waals surface area contributed by atoms with Gasteiger partial charge in [0.2, 0.25) is 5.91 Å². The Hall–Kier alpha value is -3.47. The van der Waals surface area contributed by atoms with Gasteiger partial charge in [-0.15, -0.1) is 0 Å². The molecule has 1 amide bonds. The van der Waals surface area contributed by atoms with E-state index in [1.165, 1.54) is 244 Å². The van der Waals surface area contributed by atoms with Crippen molar-refractivity contribution in [2.45, 2.75) is 366 Å². The summed E-state index contributed by atoms with van der Waals surface area (Å²) in [6.45, 7) is 4.21. The van der Waals surface area contributed by atoms with Gasteiger partial charge in [-0.25, -0.2) is 0 Å². The predicted octanol–water partition coefficient (Wildman–Crippen LogP) is 25.7. The van der Waals surface area contributed by atoms with E-state index >= 15 is 0 Å². The summed E-state index contributed by atoms with van der Waals surface area (Å²) in [7, 11) is 0. The number of allylic oxidation sites excluding steroid dienone is 21. The summed E-state index contributed by atoms with van der Waals surface area (Å²) in [5, 5.41) is 23.3. The first-order valence-corrected chi connectivity index (χ1v) is 36.9. The summed E-state index contributed by atoms with van der Waals surface area (Å²) in [5.41, 5.74) is 0. The zero-order valence-electron chi connectivity index (χ0n) is 56.3. The van der Waals surface area contributed by atoms with Crippen molar-refractivity contribution in [3.63, 3.8) is 0 Å². The molecule has 488 valence electrons. The fourth-order valence-electron chi connectivity index (χ4n) is 10.8. The van der Waals surface area contributed by atoms with Crippen LogP contribution in [0.15, 0.2) is 134 Å². The number of hydrogen-bond donors (Lipinski definition) is 3. The molecule has 0 fully saturated rings. The highest BCUT2D eigenvalue weighted by Crippen LogP contribution is 2.18. The van der Waals surface area contributed by atoms with Gasteiger partial charge in [0, 0.05) is 6.42 Å². The number of nitrogens with one attached hydrogen (secondary N) is 1. The van der Waals surface area contributed by atoms with Crippen molar-refractivity contribution < 1.29 is 15.0 Å². The van der Waals surface area contributed by atoms with Gasteiger partial charge in [-0.1, -0.05) is 379 Å². The van der Waals surface area contributed by atoms with Crippen LogP contribution in [0.25, 0.3) is 0 Å². The number of aliphatic hydroxyl groups is 2. The van der Waals surface area contributed by atoms with Gasteiger partial charge in [0.1, 0.15) is 0 Å². The Kier molecular flexibility index (Phi) is 71.7. The lowest BCUT2D eigenvalue weighted by Crippen LogP contribution is -2.45. The van der Waals surface area contributed by atoms with E-state index in [1.807, 2.05) is 6.08 Å². The molecule has 0 rings (SSSR count). The molecule has 0 aromatic heterocycles. The van der Waals surface area contributed by atoms with Crippen LogP contribution in [0.1, 0.15) is 354 Å². The molecule has 2 atom stereocenters. The normalized spacial score (nSPS) is 13.5. The lowest BCUT2D eigenvalue weighted by Gasteiger charge is -2.19. The Morgan fingerprint density at radius 3 is 0.824 bits per heavy atom. The average molecular weight is 1180 g/mol. The smallest absolute Gasteiger partial charge is 0.220 e. The zero-order chi connectivity index (χ0) is 61.2. The molecule has 0 spiro atoms. The van der Waals surface area contributed by atoms with Crippen LogP contribution in [-0.2, 0) is 4.79 Å². The van der Waals surface area contributed by atoms with Crippen LogP contribution in [0, 0.1) is 0 Å². The molecule has 4 nitrogen and oxygen atoms in total. The summed E-state index contributed by atoms with van der Waals surface area (Å²) in [6, 6.07) is -0.650. The molecule has 0 radical (unpaired) electrons. The SMILES string of the molecule is CC/C=C\C/C=C\C/C=C\C/C=C\C/C=C\C/C=C\C/C=C\C/C=C\C/C=C\CCCCCCCCCCCCCCCC(=O)NC(CO)C(O)/C=C/CC/C=C/CCCCCCCCCCCCCCCCCCCCCCCCCCCC. The van der Waals surface area contributed by atoms with Crippen LogP contribution in [0.5, 0.6) is 0 Å². The van der Waals surface area contributed by atoms with E-state index in [1.54, 1.807) is 6.08 Å². The summed E-state index contributed by atoms with van der Waals surface area (Å²) in [6.07, 6.45) is 116. The second kappa shape index (κ2) is 74.8. The van der Waals surface area contributed by atoms with Gasteiger partial charge >= 0.3 is 0 Å². The minimum Gasteiger partial charge on any atom is -0.394 e. The first-order valence-electron chi connectivity index (χ1n) is 36.9. The van der Waals surface area contributed by atoms with Crippen LogP contribution in [0.3, 0.4) is 0 Å². The van der Waals surface area contributed by atoms with Gasteiger partial charge < -0.3 is 15.5 Å². The molecule has 4 heteroatoms. The van der Waals surface area contributed by atoms with Crippen molar-refractivity contribution in [1.29, 1.82) is 0 Å². The molecular formula is C81H141NO3. The number of carbonyl (C=O) groups excluding carboxylic acids is 1. The van der Waals surface area contributed by atoms with Crippen LogP contribution in [0.4, 0.5) is 0 Å². The van der Waals surface area contributed by atoms with Gasteiger partial charge in [0.05, 0.1) is 18.8 Å². The quantitative estimate of drug-likeness (QED) is 0.0420. The maximum absolute atomic E-state index is 12.6. The molecule has 3 N–H and O–H groups in total. The molecule has 0 saturated carbocycles. The fraction of sp³-hybridized carbons (Fsp3) is 0.716. The Bertz CT molecular complexity index is 1670. The standard InChI is InChI=1S/C81H141NO3/c1-3-5-7-9-11-13-15-17-19-21-23-25-27-29-31-33-35-37-38-39-40-41-42-43-44-45-47-49-51-53-55-57-59-61-63-65-67-69-71-73-75-77-81(85)82-79(78-83)80(84)76-74-72-70-68-66-64-62-60-58-56-54-52-50-48-46-36-34-32-30-28-26-24-22-20-18-16-14-12-10-8-6-4-2/h5,7,11,13,17,19,23,25,29,31,35,37,39-40,42-43,45,47,66,68,74,76,79-80,83-84H,3-4,6,8-10,12,14-16,18,20-22,24,26-28,30,32-34,36,38,41,44,46,48-65,67,69-73,75,77-78H2,1-2H3,(H,82,85)/b7-5-,13-11-,19-17-,25-23-,31-29-,37-35-,40-39-,43-42-,47-45-,68-66+,76-74+. The Balaban J connectivity index is 3.54. The number of unbranched alkanes of at least 4 members (excludes halogenated alkanes) is 40. The summed E-state index contributed by atoms with van der Waals surface area (Å²) < 4.78 is 0. The Morgan fingerprint density at radius 1 is 0.294 bits per heavy atom. The van der Waals surface area contributed by atoms with Crippen LogP contribution in [0.2, 0.25) is 0 Å². The average Bonchev–Trinajstić information content (AvgIpc) is 3.51. The maximum atomic E-state index is 12.6. The highest BCUT2D eigenvalue weighted by atomic mass is 16.3. The monoisotopic (exact) mass is 1180 g/mol. The fourth-order valence-corrected chi connectivity index (χ4v) is 10.8. The highest BCUT2D eigenvalue weighted by Gasteiger charge is 2.18. The highest BCUT2D eigenvalue weighted by molar-refractivity contribution is 5.76. The van der Waals surface area contributed by atoms with Crippen molar-refractivity contribution in [3.8, 4) is 0 Å². The van der Waals surface area contributed by atoms with E-state index in [0.29, 0.717) is 6.42 Å². The molecule has 0 aliphatic heterocycles. The van der Waals surface area contributed by atoms with Gasteiger partial charge in [0.25, 0.3) is 0 Å². The molecule has 0 aromatic rings. The minimum atomic E-state index is -0.872. The van der Waals surface area contributed by atoms with Crippen molar-refractivity contribution in [2.75, 3.05) is 6.61 Å². The van der Waals surface area contributed by atoms with Crippen LogP contribution in [-0.4, -0.2) is 34.9 Å². The predicted molar refractivity (Wildman–Crippen MR) is 382 cm³/mol. The number of carbonyl (C=O) groups is 1. The van der Waals surface area contributed by atoms with Gasteiger partial charge in [0.15, 0.2) is 0 Å². The molecule has 2 unspecified atom stereocenters. The van der Waals surface area contributed by atoms with Crippen molar-refractivity contribution in [3.05, 3.63) is 134 Å². The molecule has 0 aromatic carbocycles. The zero-order valence-corrected chi connectivity index (χ0v) is 56.3. The maximum Gasteiger partial charge on any atom is 0.220 e. The summed E-state index contributed by atoms with van der Waals surface area (Å²) in [5.74, 6) is -0.0758. The minimum absolute atomic E-state index is 0.0758. The third-order valence-electron chi connectivity index (χ3n) is 16.4. The third-order valence-corrected chi connectivity index (χ3v) is 16.4. The lowest BCUT2D eigenvalue weighted by atomic mass is 10.0. The Labute approximate surface area is 530 Å².